The summed E-state index contributed by atoms with van der Waals surface area (Å²) in [6.07, 6.45) is 0. The topological polar surface area (TPSA) is 80.7 Å². The van der Waals surface area contributed by atoms with Gasteiger partial charge >= 0.3 is 0 Å². The molecule has 5 N–H and O–H groups in total. The first-order valence-electron chi connectivity index (χ1n) is 7.41. The minimum atomic E-state index is 0.724. The summed E-state index contributed by atoms with van der Waals surface area (Å²) in [7, 11) is 0. The maximum Gasteiger partial charge on any atom is 0.138 e. The number of anilines is 2. The third kappa shape index (κ3) is 2.40. The van der Waals surface area contributed by atoms with E-state index in [4.69, 9.17) is 16.5 Å². The van der Waals surface area contributed by atoms with Crippen molar-refractivity contribution >= 4 is 22.4 Å². The molecule has 4 aromatic rings. The van der Waals surface area contributed by atoms with Crippen LogP contribution in [0.25, 0.3) is 33.5 Å². The zero-order chi connectivity index (χ0) is 15.8. The van der Waals surface area contributed by atoms with Crippen molar-refractivity contribution in [1.82, 2.24) is 9.97 Å². The maximum absolute atomic E-state index is 5.87. The van der Waals surface area contributed by atoms with Crippen LogP contribution in [-0.4, -0.2) is 9.97 Å². The lowest BCUT2D eigenvalue weighted by Crippen LogP contribution is -1.86. The molecule has 0 spiro atoms. The molecule has 1 aromatic heterocycles. The fourth-order valence-corrected chi connectivity index (χ4v) is 2.76. The number of nitrogens with two attached hydrogens (primary N) is 2. The van der Waals surface area contributed by atoms with Gasteiger partial charge in [-0.25, -0.2) is 4.98 Å². The Morgan fingerprint density at radius 2 is 1.52 bits per heavy atom. The molecular formula is C19H16N4. The highest BCUT2D eigenvalue weighted by atomic mass is 14.9. The van der Waals surface area contributed by atoms with Crippen LogP contribution in [-0.2, 0) is 0 Å². The van der Waals surface area contributed by atoms with Crippen LogP contribution in [0.15, 0.2) is 66.7 Å². The quantitative estimate of drug-likeness (QED) is 0.488. The molecule has 1 heterocycles. The summed E-state index contributed by atoms with van der Waals surface area (Å²) in [5.74, 6) is 0.815. The molecule has 0 fully saturated rings. The molecule has 23 heavy (non-hydrogen) atoms. The number of benzene rings is 3. The van der Waals surface area contributed by atoms with Crippen molar-refractivity contribution < 1.29 is 0 Å². The Morgan fingerprint density at radius 1 is 0.739 bits per heavy atom. The number of hydrogen-bond donors (Lipinski definition) is 3. The fourth-order valence-electron chi connectivity index (χ4n) is 2.76. The summed E-state index contributed by atoms with van der Waals surface area (Å²) < 4.78 is 0. The number of nitrogen functional groups attached to an aromatic ring is 2. The zero-order valence-corrected chi connectivity index (χ0v) is 12.5. The average molecular weight is 300 g/mol. The zero-order valence-electron chi connectivity index (χ0n) is 12.5. The van der Waals surface area contributed by atoms with Gasteiger partial charge in [0, 0.05) is 22.5 Å². The molecule has 0 unspecified atom stereocenters. The van der Waals surface area contributed by atoms with Gasteiger partial charge in [-0.05, 0) is 35.9 Å². The van der Waals surface area contributed by atoms with Crippen LogP contribution in [0.4, 0.5) is 11.4 Å². The van der Waals surface area contributed by atoms with Gasteiger partial charge in [0.1, 0.15) is 5.82 Å². The van der Waals surface area contributed by atoms with Crippen LogP contribution in [0.3, 0.4) is 0 Å². The molecule has 4 rings (SSSR count). The molecule has 0 amide bonds. The third-order valence-electron chi connectivity index (χ3n) is 3.90. The Balaban J connectivity index is 1.89. The number of imidazole rings is 1. The van der Waals surface area contributed by atoms with Crippen molar-refractivity contribution in [2.45, 2.75) is 0 Å². The molecule has 4 heteroatoms. The number of rotatable bonds is 2. The predicted octanol–water partition coefficient (Wildman–Crippen LogP) is 4.06. The van der Waals surface area contributed by atoms with Gasteiger partial charge < -0.3 is 16.5 Å². The summed E-state index contributed by atoms with van der Waals surface area (Å²) >= 11 is 0. The number of nitrogens with zero attached hydrogens (tertiary/aromatic N) is 1. The molecule has 3 aromatic carbocycles. The van der Waals surface area contributed by atoms with E-state index < -0.39 is 0 Å². The van der Waals surface area contributed by atoms with Crippen molar-refractivity contribution in [1.29, 1.82) is 0 Å². The first-order valence-corrected chi connectivity index (χ1v) is 7.41. The van der Waals surface area contributed by atoms with Crippen molar-refractivity contribution in [3.05, 3.63) is 66.7 Å². The van der Waals surface area contributed by atoms with Gasteiger partial charge in [-0.1, -0.05) is 36.4 Å². The Labute approximate surface area is 133 Å². The van der Waals surface area contributed by atoms with Gasteiger partial charge in [0.25, 0.3) is 0 Å². The standard InChI is InChI=1S/C19H16N4/c20-14-9-7-12(8-10-14)16-5-2-6-17-18(16)23-19(22-17)13-3-1-4-15(21)11-13/h1-11H,20-21H2,(H,22,23). The van der Waals surface area contributed by atoms with Gasteiger partial charge in [-0.15, -0.1) is 0 Å². The van der Waals surface area contributed by atoms with Crippen molar-refractivity contribution in [3.8, 4) is 22.5 Å². The van der Waals surface area contributed by atoms with E-state index in [1.165, 1.54) is 0 Å². The van der Waals surface area contributed by atoms with Crippen LogP contribution in [0.1, 0.15) is 0 Å². The lowest BCUT2D eigenvalue weighted by Gasteiger charge is -2.03. The molecule has 0 aliphatic rings. The van der Waals surface area contributed by atoms with Gasteiger partial charge in [-0.3, -0.25) is 0 Å². The van der Waals surface area contributed by atoms with E-state index in [-0.39, 0.29) is 0 Å². The SMILES string of the molecule is Nc1ccc(-c2cccc3nc(-c4cccc(N)c4)[nH]c23)cc1. The van der Waals surface area contributed by atoms with Crippen LogP contribution in [0.2, 0.25) is 0 Å². The highest BCUT2D eigenvalue weighted by Crippen LogP contribution is 2.30. The van der Waals surface area contributed by atoms with Crippen LogP contribution in [0, 0.1) is 0 Å². The molecule has 0 radical (unpaired) electrons. The van der Waals surface area contributed by atoms with Crippen LogP contribution in [0.5, 0.6) is 0 Å². The number of hydrogen-bond acceptors (Lipinski definition) is 3. The van der Waals surface area contributed by atoms with Crippen molar-refractivity contribution in [2.24, 2.45) is 0 Å². The summed E-state index contributed by atoms with van der Waals surface area (Å²) in [6.45, 7) is 0. The molecule has 4 nitrogen and oxygen atoms in total. The molecule has 0 saturated carbocycles. The maximum atomic E-state index is 5.87. The molecule has 0 saturated heterocycles. The Morgan fingerprint density at radius 3 is 2.30 bits per heavy atom. The van der Waals surface area contributed by atoms with E-state index in [1.807, 2.05) is 60.7 Å². The van der Waals surface area contributed by atoms with Crippen LogP contribution < -0.4 is 11.5 Å². The molecule has 0 atom stereocenters. The van der Waals surface area contributed by atoms with E-state index in [2.05, 4.69) is 11.1 Å². The number of aromatic amines is 1. The van der Waals surface area contributed by atoms with Gasteiger partial charge in [0.15, 0.2) is 0 Å². The lowest BCUT2D eigenvalue weighted by molar-refractivity contribution is 1.34. The molecule has 0 aliphatic heterocycles. The largest absolute Gasteiger partial charge is 0.399 e. The van der Waals surface area contributed by atoms with Crippen molar-refractivity contribution in [2.75, 3.05) is 11.5 Å². The molecule has 0 aliphatic carbocycles. The van der Waals surface area contributed by atoms with Gasteiger partial charge in [-0.2, -0.15) is 0 Å². The highest BCUT2D eigenvalue weighted by Gasteiger charge is 2.10. The molecule has 0 bridgehead atoms. The summed E-state index contributed by atoms with van der Waals surface area (Å²) in [6, 6.07) is 21.7. The minimum absolute atomic E-state index is 0.724. The summed E-state index contributed by atoms with van der Waals surface area (Å²) in [5.41, 5.74) is 18.2. The van der Waals surface area contributed by atoms with E-state index in [0.717, 1.165) is 44.9 Å². The number of para-hydroxylation sites is 1. The number of H-pyrrole nitrogens is 1. The first-order chi connectivity index (χ1) is 11.2. The van der Waals surface area contributed by atoms with E-state index in [0.29, 0.717) is 0 Å². The highest BCUT2D eigenvalue weighted by molar-refractivity contribution is 5.93. The Hall–Kier alpha value is -3.27. The number of aromatic nitrogens is 2. The fraction of sp³-hybridized carbons (Fsp3) is 0. The number of fused-ring (bicyclic) bond motifs is 1. The lowest BCUT2D eigenvalue weighted by atomic mass is 10.0. The summed E-state index contributed by atoms with van der Waals surface area (Å²) in [5, 5.41) is 0. The number of nitrogens with one attached hydrogen (secondary N) is 1. The van der Waals surface area contributed by atoms with E-state index >= 15 is 0 Å². The second-order valence-electron chi connectivity index (χ2n) is 5.53. The Bertz CT molecular complexity index is 984. The summed E-state index contributed by atoms with van der Waals surface area (Å²) in [4.78, 5) is 8.11. The minimum Gasteiger partial charge on any atom is -0.399 e. The molecule has 112 valence electrons. The second kappa shape index (κ2) is 5.18. The van der Waals surface area contributed by atoms with E-state index in [1.54, 1.807) is 0 Å². The van der Waals surface area contributed by atoms with Crippen molar-refractivity contribution in [3.63, 3.8) is 0 Å². The second-order valence-corrected chi connectivity index (χ2v) is 5.53. The normalized spacial score (nSPS) is 11.0. The van der Waals surface area contributed by atoms with Crippen LogP contribution >= 0.6 is 0 Å². The van der Waals surface area contributed by atoms with E-state index in [9.17, 15) is 0 Å². The predicted molar refractivity (Wildman–Crippen MR) is 95.8 cm³/mol. The monoisotopic (exact) mass is 300 g/mol. The van der Waals surface area contributed by atoms with Gasteiger partial charge in [0.05, 0.1) is 11.0 Å². The Kier molecular flexibility index (Phi) is 3.01. The first kappa shape index (κ1) is 13.4. The van der Waals surface area contributed by atoms with Gasteiger partial charge in [0.2, 0.25) is 0 Å². The molecular weight excluding hydrogens is 284 g/mol. The third-order valence-corrected chi connectivity index (χ3v) is 3.90. The average Bonchev–Trinajstić information content (AvgIpc) is 3.00. The smallest absolute Gasteiger partial charge is 0.138 e.